The Balaban J connectivity index is 1.92. The van der Waals surface area contributed by atoms with E-state index >= 15 is 0 Å². The third-order valence-corrected chi connectivity index (χ3v) is 3.47. The molecule has 16 heavy (non-hydrogen) atoms. The lowest BCUT2D eigenvalue weighted by molar-refractivity contribution is -0.0528. The topological polar surface area (TPSA) is 41.6 Å². The molecule has 0 unspecified atom stereocenters. The fourth-order valence-electron chi connectivity index (χ4n) is 1.94. The molecule has 0 saturated carbocycles. The number of carbonyl (C=O) groups is 1. The van der Waals surface area contributed by atoms with E-state index in [1.54, 1.807) is 0 Å². The molecular weight excluding hydrogens is 272 g/mol. The molecule has 3 rings (SSSR count). The third-order valence-electron chi connectivity index (χ3n) is 2.97. The Morgan fingerprint density at radius 2 is 2.25 bits per heavy atom. The van der Waals surface area contributed by atoms with Gasteiger partial charge in [-0.05, 0) is 18.2 Å². The first-order valence-corrected chi connectivity index (χ1v) is 5.97. The van der Waals surface area contributed by atoms with Crippen LogP contribution in [0.3, 0.4) is 0 Å². The maximum absolute atomic E-state index is 12.2. The maximum Gasteiger partial charge on any atom is 0.257 e. The molecule has 5 heteroatoms. The van der Waals surface area contributed by atoms with Crippen molar-refractivity contribution in [1.29, 1.82) is 0 Å². The quantitative estimate of drug-likeness (QED) is 0.852. The highest BCUT2D eigenvalue weighted by molar-refractivity contribution is 9.10. The average Bonchev–Trinajstić information content (AvgIpc) is 2.19. The molecule has 1 N–H and O–H groups in total. The molecule has 0 aromatic heterocycles. The van der Waals surface area contributed by atoms with Crippen molar-refractivity contribution < 1.29 is 9.53 Å². The summed E-state index contributed by atoms with van der Waals surface area (Å²) in [5.41, 5.74) is 1.64. The smallest absolute Gasteiger partial charge is 0.257 e. The maximum atomic E-state index is 12.2. The third kappa shape index (κ3) is 1.51. The van der Waals surface area contributed by atoms with E-state index in [2.05, 4.69) is 21.2 Å². The summed E-state index contributed by atoms with van der Waals surface area (Å²) in [5.74, 6) is 0.0922. The molecule has 1 saturated heterocycles. The van der Waals surface area contributed by atoms with Gasteiger partial charge in [0.05, 0.1) is 31.5 Å². The number of hydrogen-bond acceptors (Lipinski definition) is 3. The van der Waals surface area contributed by atoms with Crippen molar-refractivity contribution in [3.63, 3.8) is 0 Å². The number of anilines is 1. The van der Waals surface area contributed by atoms with Crippen molar-refractivity contribution in [3.8, 4) is 0 Å². The minimum atomic E-state index is 0.0922. The summed E-state index contributed by atoms with van der Waals surface area (Å²) in [6, 6.07) is 5.90. The largest absolute Gasteiger partial charge is 0.377 e. The Hall–Kier alpha value is -1.07. The molecule has 1 fully saturated rings. The van der Waals surface area contributed by atoms with Gasteiger partial charge in [-0.15, -0.1) is 0 Å². The highest BCUT2D eigenvalue weighted by Crippen LogP contribution is 2.27. The number of halogens is 1. The average molecular weight is 283 g/mol. The van der Waals surface area contributed by atoms with Gasteiger partial charge in [0.1, 0.15) is 0 Å². The SMILES string of the molecule is O=C1c2ccc(Br)cc2NCN1C1COC1. The molecule has 2 aliphatic heterocycles. The van der Waals surface area contributed by atoms with Crippen LogP contribution in [0, 0.1) is 0 Å². The van der Waals surface area contributed by atoms with Gasteiger partial charge in [-0.2, -0.15) is 0 Å². The van der Waals surface area contributed by atoms with Gasteiger partial charge in [0.15, 0.2) is 0 Å². The molecule has 84 valence electrons. The first-order valence-electron chi connectivity index (χ1n) is 5.18. The van der Waals surface area contributed by atoms with Crippen LogP contribution in [0.15, 0.2) is 22.7 Å². The molecule has 1 aromatic rings. The van der Waals surface area contributed by atoms with Gasteiger partial charge in [-0.3, -0.25) is 4.79 Å². The van der Waals surface area contributed by atoms with Crippen molar-refractivity contribution in [3.05, 3.63) is 28.2 Å². The molecule has 4 nitrogen and oxygen atoms in total. The first kappa shape index (κ1) is 10.1. The van der Waals surface area contributed by atoms with E-state index in [-0.39, 0.29) is 11.9 Å². The minimum absolute atomic E-state index is 0.0922. The summed E-state index contributed by atoms with van der Waals surface area (Å²) in [5, 5.41) is 3.25. The van der Waals surface area contributed by atoms with Crippen LogP contribution in [0.1, 0.15) is 10.4 Å². The van der Waals surface area contributed by atoms with E-state index in [4.69, 9.17) is 4.74 Å². The number of hydrogen-bond donors (Lipinski definition) is 1. The minimum Gasteiger partial charge on any atom is -0.377 e. The second-order valence-corrected chi connectivity index (χ2v) is 4.91. The monoisotopic (exact) mass is 282 g/mol. The van der Waals surface area contributed by atoms with Crippen molar-refractivity contribution in [2.75, 3.05) is 25.2 Å². The lowest BCUT2D eigenvalue weighted by Crippen LogP contribution is -2.55. The lowest BCUT2D eigenvalue weighted by Gasteiger charge is -2.40. The van der Waals surface area contributed by atoms with Gasteiger partial charge in [0, 0.05) is 10.2 Å². The Kier molecular flexibility index (Phi) is 2.37. The molecule has 2 heterocycles. The number of ether oxygens (including phenoxy) is 1. The van der Waals surface area contributed by atoms with Gasteiger partial charge >= 0.3 is 0 Å². The Morgan fingerprint density at radius 1 is 1.44 bits per heavy atom. The molecular formula is C11H11BrN2O2. The number of amides is 1. The predicted molar refractivity (Wildman–Crippen MR) is 63.4 cm³/mol. The van der Waals surface area contributed by atoms with Gasteiger partial charge in [-0.1, -0.05) is 15.9 Å². The van der Waals surface area contributed by atoms with E-state index in [0.29, 0.717) is 19.9 Å². The van der Waals surface area contributed by atoms with Gasteiger partial charge in [-0.25, -0.2) is 0 Å². The van der Waals surface area contributed by atoms with E-state index in [1.807, 2.05) is 23.1 Å². The highest BCUT2D eigenvalue weighted by Gasteiger charge is 2.33. The normalized spacial score (nSPS) is 20.1. The van der Waals surface area contributed by atoms with Gasteiger partial charge in [0.25, 0.3) is 5.91 Å². The van der Waals surface area contributed by atoms with Crippen molar-refractivity contribution in [1.82, 2.24) is 4.90 Å². The van der Waals surface area contributed by atoms with Crippen LogP contribution in [0.25, 0.3) is 0 Å². The summed E-state index contributed by atoms with van der Waals surface area (Å²) < 4.78 is 6.09. The van der Waals surface area contributed by atoms with Crippen LogP contribution in [0.5, 0.6) is 0 Å². The van der Waals surface area contributed by atoms with E-state index in [0.717, 1.165) is 15.7 Å². The van der Waals surface area contributed by atoms with Crippen LogP contribution in [0.2, 0.25) is 0 Å². The van der Waals surface area contributed by atoms with Crippen LogP contribution in [0.4, 0.5) is 5.69 Å². The molecule has 1 amide bonds. The van der Waals surface area contributed by atoms with Crippen molar-refractivity contribution in [2.24, 2.45) is 0 Å². The molecule has 0 spiro atoms. The predicted octanol–water partition coefficient (Wildman–Crippen LogP) is 1.67. The number of nitrogens with one attached hydrogen (secondary N) is 1. The molecule has 0 aliphatic carbocycles. The molecule has 2 aliphatic rings. The second kappa shape index (κ2) is 3.75. The van der Waals surface area contributed by atoms with Crippen molar-refractivity contribution >= 4 is 27.5 Å². The van der Waals surface area contributed by atoms with E-state index < -0.39 is 0 Å². The fraction of sp³-hybridized carbons (Fsp3) is 0.364. The highest BCUT2D eigenvalue weighted by atomic mass is 79.9. The zero-order valence-corrected chi connectivity index (χ0v) is 10.2. The number of benzene rings is 1. The zero-order valence-electron chi connectivity index (χ0n) is 8.57. The number of carbonyl (C=O) groups excluding carboxylic acids is 1. The summed E-state index contributed by atoms with van der Waals surface area (Å²) >= 11 is 3.39. The molecule has 0 bridgehead atoms. The van der Waals surface area contributed by atoms with Crippen molar-refractivity contribution in [2.45, 2.75) is 6.04 Å². The van der Waals surface area contributed by atoms with E-state index in [9.17, 15) is 4.79 Å². The Morgan fingerprint density at radius 3 is 2.94 bits per heavy atom. The summed E-state index contributed by atoms with van der Waals surface area (Å²) in [4.78, 5) is 14.0. The van der Waals surface area contributed by atoms with Gasteiger partial charge in [0.2, 0.25) is 0 Å². The van der Waals surface area contributed by atoms with Crippen LogP contribution < -0.4 is 5.32 Å². The number of nitrogens with zero attached hydrogens (tertiary/aromatic N) is 1. The van der Waals surface area contributed by atoms with Crippen LogP contribution in [-0.2, 0) is 4.74 Å². The Bertz CT molecular complexity index is 446. The first-order chi connectivity index (χ1) is 7.75. The lowest BCUT2D eigenvalue weighted by atomic mass is 10.1. The number of rotatable bonds is 1. The number of fused-ring (bicyclic) bond motifs is 1. The van der Waals surface area contributed by atoms with Crippen LogP contribution in [-0.4, -0.2) is 36.7 Å². The standard InChI is InChI=1S/C11H11BrN2O2/c12-7-1-2-9-10(3-7)13-6-14(11(9)15)8-4-16-5-8/h1-3,8,13H,4-6H2. The van der Waals surface area contributed by atoms with Crippen LogP contribution >= 0.6 is 15.9 Å². The van der Waals surface area contributed by atoms with E-state index in [1.165, 1.54) is 0 Å². The fourth-order valence-corrected chi connectivity index (χ4v) is 2.31. The second-order valence-electron chi connectivity index (χ2n) is 3.99. The molecule has 0 radical (unpaired) electrons. The van der Waals surface area contributed by atoms with Gasteiger partial charge < -0.3 is 15.0 Å². The zero-order chi connectivity index (χ0) is 11.1. The summed E-state index contributed by atoms with van der Waals surface area (Å²) in [6.07, 6.45) is 0. The molecule has 1 aromatic carbocycles. The Labute approximate surface area is 102 Å². The summed E-state index contributed by atoms with van der Waals surface area (Å²) in [7, 11) is 0. The molecule has 0 atom stereocenters. The summed E-state index contributed by atoms with van der Waals surface area (Å²) in [6.45, 7) is 1.87.